The van der Waals surface area contributed by atoms with Gasteiger partial charge in [-0.2, -0.15) is 0 Å². The molecular formula is C19H27FO11. The first kappa shape index (κ1) is 26.3. The zero-order chi connectivity index (χ0) is 23.7. The van der Waals surface area contributed by atoms with E-state index in [1.54, 1.807) is 0 Å². The third-order valence-corrected chi connectivity index (χ3v) is 4.04. The van der Waals surface area contributed by atoms with E-state index in [0.717, 1.165) is 34.6 Å². The lowest BCUT2D eigenvalue weighted by molar-refractivity contribution is -0.262. The molecule has 176 valence electrons. The lowest BCUT2D eigenvalue weighted by atomic mass is 9.83. The lowest BCUT2D eigenvalue weighted by Crippen LogP contribution is -2.68. The fourth-order valence-electron chi connectivity index (χ4n) is 3.21. The molecule has 31 heavy (non-hydrogen) atoms. The van der Waals surface area contributed by atoms with Gasteiger partial charge in [0.05, 0.1) is 6.67 Å². The van der Waals surface area contributed by atoms with Crippen molar-refractivity contribution in [3.05, 3.63) is 0 Å². The van der Waals surface area contributed by atoms with Crippen LogP contribution in [0.15, 0.2) is 0 Å². The number of esters is 5. The first-order valence-corrected chi connectivity index (χ1v) is 9.51. The zero-order valence-corrected chi connectivity index (χ0v) is 18.0. The van der Waals surface area contributed by atoms with Gasteiger partial charge in [0.15, 0.2) is 30.5 Å². The third-order valence-electron chi connectivity index (χ3n) is 4.04. The molecule has 2 unspecified atom stereocenters. The van der Waals surface area contributed by atoms with Crippen LogP contribution in [0.2, 0.25) is 0 Å². The van der Waals surface area contributed by atoms with Crippen molar-refractivity contribution in [1.82, 2.24) is 0 Å². The Morgan fingerprint density at radius 3 is 1.03 bits per heavy atom. The summed E-state index contributed by atoms with van der Waals surface area (Å²) in [6.45, 7) is 4.42. The van der Waals surface area contributed by atoms with Gasteiger partial charge < -0.3 is 28.4 Å². The van der Waals surface area contributed by atoms with Gasteiger partial charge in [-0.25, -0.2) is 0 Å². The fourth-order valence-corrected chi connectivity index (χ4v) is 3.21. The summed E-state index contributed by atoms with van der Waals surface area (Å²) in [4.78, 5) is 58.7. The third kappa shape index (κ3) is 8.12. The molecule has 1 rings (SSSR count). The molecule has 0 spiro atoms. The standard InChI is InChI=1S/C19H27FO11/c1-9(21)27-15-14(26-8-6-7-20)16(28-10(2)22)18(30-12(4)24)19(31-13(5)25)17(15)29-11(3)23/h14-19H,6-8H2,1-5H3/t14?,15-,16+,17+,18-,19?/i20-1. The second kappa shape index (κ2) is 12.2. The monoisotopic (exact) mass is 449 g/mol. The second-order valence-electron chi connectivity index (χ2n) is 6.75. The molecular weight excluding hydrogens is 422 g/mol. The minimum atomic E-state index is -1.50. The van der Waals surface area contributed by atoms with Crippen molar-refractivity contribution in [2.75, 3.05) is 13.3 Å². The van der Waals surface area contributed by atoms with E-state index in [0.29, 0.717) is 0 Å². The van der Waals surface area contributed by atoms with Gasteiger partial charge in [-0.1, -0.05) is 0 Å². The van der Waals surface area contributed by atoms with Gasteiger partial charge in [0.1, 0.15) is 6.10 Å². The van der Waals surface area contributed by atoms with Crippen molar-refractivity contribution in [2.45, 2.75) is 77.7 Å². The highest BCUT2D eigenvalue weighted by atomic mass is 18.2. The Hall–Kier alpha value is -2.76. The second-order valence-corrected chi connectivity index (χ2v) is 6.75. The molecule has 1 fully saturated rings. The Labute approximate surface area is 178 Å². The van der Waals surface area contributed by atoms with Crippen molar-refractivity contribution < 1.29 is 56.8 Å². The molecule has 1 aliphatic carbocycles. The van der Waals surface area contributed by atoms with Crippen molar-refractivity contribution >= 4 is 29.8 Å². The van der Waals surface area contributed by atoms with Gasteiger partial charge >= 0.3 is 29.8 Å². The molecule has 1 aliphatic rings. The maximum atomic E-state index is 12.6. The maximum absolute atomic E-state index is 12.6. The van der Waals surface area contributed by atoms with Gasteiger partial charge in [0, 0.05) is 41.2 Å². The maximum Gasteiger partial charge on any atom is 0.303 e. The number of rotatable bonds is 9. The molecule has 0 aliphatic heterocycles. The molecule has 0 heterocycles. The normalized spacial score (nSPS) is 27.5. The quantitative estimate of drug-likeness (QED) is 0.274. The van der Waals surface area contributed by atoms with Gasteiger partial charge in [0.25, 0.3) is 0 Å². The minimum Gasteiger partial charge on any atom is -0.455 e. The van der Waals surface area contributed by atoms with E-state index >= 15 is 0 Å². The van der Waals surface area contributed by atoms with Gasteiger partial charge in [0.2, 0.25) is 0 Å². The fraction of sp³-hybridized carbons (Fsp3) is 0.737. The number of hydrogen-bond acceptors (Lipinski definition) is 11. The Bertz CT molecular complexity index is 636. The molecule has 0 saturated heterocycles. The van der Waals surface area contributed by atoms with E-state index in [2.05, 4.69) is 0 Å². The van der Waals surface area contributed by atoms with Gasteiger partial charge in [-0.15, -0.1) is 0 Å². The molecule has 0 bridgehead atoms. The zero-order valence-electron chi connectivity index (χ0n) is 18.0. The van der Waals surface area contributed by atoms with E-state index in [1.165, 1.54) is 0 Å². The number of alkyl halides is 1. The summed E-state index contributed by atoms with van der Waals surface area (Å²) in [5, 5.41) is 0. The highest BCUT2D eigenvalue weighted by molar-refractivity contribution is 5.70. The van der Waals surface area contributed by atoms with Crippen LogP contribution < -0.4 is 0 Å². The number of carbonyl (C=O) groups is 5. The summed E-state index contributed by atoms with van der Waals surface area (Å²) in [6, 6.07) is 0. The van der Waals surface area contributed by atoms with E-state index in [4.69, 9.17) is 28.4 Å². The average Bonchev–Trinajstić information content (AvgIpc) is 2.61. The molecule has 0 aromatic carbocycles. The smallest absolute Gasteiger partial charge is 0.303 e. The first-order valence-electron chi connectivity index (χ1n) is 9.51. The SMILES string of the molecule is CC(=O)OC1[C@@H](OC(C)=O)[C@H](OC(C)=O)C(OCCC[18F])[C@H](OC(C)=O)[C@H]1OC(C)=O. The summed E-state index contributed by atoms with van der Waals surface area (Å²) in [7, 11) is 0. The number of ether oxygens (including phenoxy) is 6. The average molecular weight is 449 g/mol. The number of halogens is 1. The predicted molar refractivity (Wildman–Crippen MR) is 98.1 cm³/mol. The van der Waals surface area contributed by atoms with Crippen LogP contribution in [0.4, 0.5) is 4.39 Å². The Balaban J connectivity index is 3.58. The van der Waals surface area contributed by atoms with Crippen LogP contribution in [-0.4, -0.2) is 79.8 Å². The molecule has 0 aromatic heterocycles. The van der Waals surface area contributed by atoms with Crippen molar-refractivity contribution in [3.8, 4) is 0 Å². The van der Waals surface area contributed by atoms with Gasteiger partial charge in [-0.3, -0.25) is 28.4 Å². The topological polar surface area (TPSA) is 141 Å². The molecule has 0 aromatic rings. The highest BCUT2D eigenvalue weighted by Gasteiger charge is 2.59. The van der Waals surface area contributed by atoms with Crippen molar-refractivity contribution in [2.24, 2.45) is 0 Å². The van der Waals surface area contributed by atoms with Crippen molar-refractivity contribution in [3.63, 3.8) is 0 Å². The first-order chi connectivity index (χ1) is 14.5. The molecule has 0 N–H and O–H groups in total. The summed E-state index contributed by atoms with van der Waals surface area (Å²) >= 11 is 0. The van der Waals surface area contributed by atoms with Crippen LogP contribution in [-0.2, 0) is 52.4 Å². The molecule has 1 saturated carbocycles. The lowest BCUT2D eigenvalue weighted by Gasteiger charge is -2.47. The minimum absolute atomic E-state index is 0.0417. The van der Waals surface area contributed by atoms with Crippen LogP contribution >= 0.6 is 0 Å². The predicted octanol–water partition coefficient (Wildman–Crippen LogP) is 0.403. The van der Waals surface area contributed by atoms with Crippen LogP contribution in [0.3, 0.4) is 0 Å². The van der Waals surface area contributed by atoms with E-state index in [1.807, 2.05) is 0 Å². The van der Waals surface area contributed by atoms with Crippen LogP contribution in [0.5, 0.6) is 0 Å². The Morgan fingerprint density at radius 1 is 0.548 bits per heavy atom. The molecule has 6 atom stereocenters. The van der Waals surface area contributed by atoms with E-state index in [-0.39, 0.29) is 13.0 Å². The Morgan fingerprint density at radius 2 is 0.806 bits per heavy atom. The summed E-state index contributed by atoms with van der Waals surface area (Å²) < 4.78 is 44.5. The summed E-state index contributed by atoms with van der Waals surface area (Å²) in [5.41, 5.74) is 0. The molecule has 0 radical (unpaired) electrons. The highest BCUT2D eigenvalue weighted by Crippen LogP contribution is 2.34. The Kier molecular flexibility index (Phi) is 10.3. The molecule has 11 nitrogen and oxygen atoms in total. The van der Waals surface area contributed by atoms with Crippen LogP contribution in [0.25, 0.3) is 0 Å². The van der Waals surface area contributed by atoms with Crippen LogP contribution in [0, 0.1) is 0 Å². The van der Waals surface area contributed by atoms with E-state index in [9.17, 15) is 28.4 Å². The number of hydrogen-bond donors (Lipinski definition) is 0. The van der Waals surface area contributed by atoms with Gasteiger partial charge in [-0.05, 0) is 6.42 Å². The summed E-state index contributed by atoms with van der Waals surface area (Å²) in [6.07, 6.45) is -8.68. The largest absolute Gasteiger partial charge is 0.455 e. The van der Waals surface area contributed by atoms with E-state index < -0.39 is 73.1 Å². The molecule has 12 heteroatoms. The van der Waals surface area contributed by atoms with Crippen LogP contribution in [0.1, 0.15) is 41.0 Å². The summed E-state index contributed by atoms with van der Waals surface area (Å²) in [5.74, 6) is -4.10. The van der Waals surface area contributed by atoms with Crippen molar-refractivity contribution in [1.29, 1.82) is 0 Å². The number of carbonyl (C=O) groups excluding carboxylic acids is 5. The molecule has 0 amide bonds.